The maximum absolute atomic E-state index is 12.4. The van der Waals surface area contributed by atoms with Crippen molar-refractivity contribution in [1.82, 2.24) is 24.9 Å². The zero-order valence-corrected chi connectivity index (χ0v) is 18.2. The Morgan fingerprint density at radius 1 is 0.938 bits per heavy atom. The van der Waals surface area contributed by atoms with Crippen LogP contribution in [0.5, 0.6) is 0 Å². The molecule has 7 heteroatoms. The molecule has 0 aliphatic carbocycles. The lowest BCUT2D eigenvalue weighted by Crippen LogP contribution is -2.34. The molecule has 2 heterocycles. The number of carbonyl (C=O) groups is 1. The van der Waals surface area contributed by atoms with E-state index in [0.717, 1.165) is 28.2 Å². The maximum Gasteiger partial charge on any atom is 0.267 e. The quantitative estimate of drug-likeness (QED) is 0.491. The fourth-order valence-electron chi connectivity index (χ4n) is 3.56. The van der Waals surface area contributed by atoms with Crippen molar-refractivity contribution >= 4 is 5.91 Å². The van der Waals surface area contributed by atoms with E-state index in [9.17, 15) is 9.59 Å². The molecule has 4 aromatic rings. The summed E-state index contributed by atoms with van der Waals surface area (Å²) in [6, 6.07) is 22.8. The highest BCUT2D eigenvalue weighted by Gasteiger charge is 2.08. The zero-order valence-electron chi connectivity index (χ0n) is 18.2. The van der Waals surface area contributed by atoms with Crippen LogP contribution in [0.1, 0.15) is 17.0 Å². The summed E-state index contributed by atoms with van der Waals surface area (Å²) < 4.78 is 3.11. The molecule has 1 amide bonds. The number of aromatic nitrogens is 4. The maximum atomic E-state index is 12.4. The van der Waals surface area contributed by atoms with Crippen LogP contribution in [0.25, 0.3) is 16.9 Å². The minimum atomic E-state index is -0.306. The predicted molar refractivity (Wildman–Crippen MR) is 124 cm³/mol. The van der Waals surface area contributed by atoms with Crippen molar-refractivity contribution in [3.63, 3.8) is 0 Å². The third kappa shape index (κ3) is 5.00. The first-order valence-corrected chi connectivity index (χ1v) is 10.5. The van der Waals surface area contributed by atoms with Gasteiger partial charge in [-0.1, -0.05) is 42.5 Å². The van der Waals surface area contributed by atoms with Gasteiger partial charge in [0.25, 0.3) is 5.56 Å². The summed E-state index contributed by atoms with van der Waals surface area (Å²) in [6.07, 6.45) is 0.690. The van der Waals surface area contributed by atoms with Crippen LogP contribution in [0.15, 0.2) is 77.6 Å². The molecular weight excluding hydrogens is 402 g/mol. The summed E-state index contributed by atoms with van der Waals surface area (Å²) in [5, 5.41) is 11.7. The van der Waals surface area contributed by atoms with Gasteiger partial charge in [0.2, 0.25) is 5.91 Å². The van der Waals surface area contributed by atoms with Crippen LogP contribution >= 0.6 is 0 Å². The molecule has 32 heavy (non-hydrogen) atoms. The van der Waals surface area contributed by atoms with Gasteiger partial charge in [0, 0.05) is 23.9 Å². The SMILES string of the molecule is Cc1cc(C)n(-c2ccc(CCNC(=O)Cn3nc(-c4ccccc4)ccc3=O)cc2)n1. The monoisotopic (exact) mass is 427 g/mol. The molecule has 162 valence electrons. The van der Waals surface area contributed by atoms with Crippen LogP contribution in [-0.4, -0.2) is 32.0 Å². The van der Waals surface area contributed by atoms with Crippen LogP contribution in [0.3, 0.4) is 0 Å². The number of benzene rings is 2. The van der Waals surface area contributed by atoms with Gasteiger partial charge >= 0.3 is 0 Å². The fourth-order valence-corrected chi connectivity index (χ4v) is 3.56. The number of carbonyl (C=O) groups excluding carboxylic acids is 1. The van der Waals surface area contributed by atoms with Crippen molar-refractivity contribution in [3.8, 4) is 16.9 Å². The van der Waals surface area contributed by atoms with E-state index in [1.54, 1.807) is 6.07 Å². The number of hydrogen-bond donors (Lipinski definition) is 1. The largest absolute Gasteiger partial charge is 0.354 e. The summed E-state index contributed by atoms with van der Waals surface area (Å²) in [6.45, 7) is 4.36. The summed E-state index contributed by atoms with van der Waals surface area (Å²) in [4.78, 5) is 24.5. The standard InChI is InChI=1S/C25H25N5O2/c1-18-16-19(2)30(27-18)22-10-8-20(9-11-22)14-15-26-24(31)17-29-25(32)13-12-23(28-29)21-6-4-3-5-7-21/h3-13,16H,14-15,17H2,1-2H3,(H,26,31). The van der Waals surface area contributed by atoms with Crippen LogP contribution in [0.4, 0.5) is 0 Å². The summed E-state index contributed by atoms with van der Waals surface area (Å²) in [7, 11) is 0. The minimum absolute atomic E-state index is 0.115. The molecule has 0 spiro atoms. The van der Waals surface area contributed by atoms with Crippen LogP contribution in [0.2, 0.25) is 0 Å². The molecule has 2 aromatic carbocycles. The lowest BCUT2D eigenvalue weighted by atomic mass is 10.1. The molecular formula is C25H25N5O2. The van der Waals surface area contributed by atoms with Crippen molar-refractivity contribution in [2.45, 2.75) is 26.8 Å². The van der Waals surface area contributed by atoms with Crippen molar-refractivity contribution < 1.29 is 4.79 Å². The first-order chi connectivity index (χ1) is 15.5. The average Bonchev–Trinajstić information content (AvgIpc) is 3.14. The molecule has 7 nitrogen and oxygen atoms in total. The Labute approximate surface area is 186 Å². The van der Waals surface area contributed by atoms with Crippen LogP contribution < -0.4 is 10.9 Å². The smallest absolute Gasteiger partial charge is 0.267 e. The van der Waals surface area contributed by atoms with Gasteiger partial charge in [-0.15, -0.1) is 0 Å². The zero-order chi connectivity index (χ0) is 22.5. The lowest BCUT2D eigenvalue weighted by molar-refractivity contribution is -0.121. The Morgan fingerprint density at radius 3 is 2.38 bits per heavy atom. The highest BCUT2D eigenvalue weighted by molar-refractivity contribution is 5.75. The molecule has 4 rings (SSSR count). The van der Waals surface area contributed by atoms with E-state index in [1.807, 2.05) is 79.2 Å². The second-order valence-electron chi connectivity index (χ2n) is 7.69. The molecule has 1 N–H and O–H groups in total. The molecule has 0 fully saturated rings. The molecule has 0 aliphatic heterocycles. The Kier molecular flexibility index (Phi) is 6.26. The Morgan fingerprint density at radius 2 is 1.69 bits per heavy atom. The number of amides is 1. The molecule has 0 bridgehead atoms. The second-order valence-corrected chi connectivity index (χ2v) is 7.69. The van der Waals surface area contributed by atoms with E-state index in [2.05, 4.69) is 15.5 Å². The van der Waals surface area contributed by atoms with Gasteiger partial charge in [-0.2, -0.15) is 10.2 Å². The summed E-state index contributed by atoms with van der Waals surface area (Å²) in [5.74, 6) is -0.246. The average molecular weight is 428 g/mol. The van der Waals surface area contributed by atoms with E-state index in [0.29, 0.717) is 18.7 Å². The third-order valence-corrected chi connectivity index (χ3v) is 5.16. The molecule has 0 radical (unpaired) electrons. The number of hydrogen-bond acceptors (Lipinski definition) is 4. The Hall–Kier alpha value is -4.00. The Bertz CT molecular complexity index is 1270. The topological polar surface area (TPSA) is 81.8 Å². The first-order valence-electron chi connectivity index (χ1n) is 10.5. The highest BCUT2D eigenvalue weighted by atomic mass is 16.2. The third-order valence-electron chi connectivity index (χ3n) is 5.16. The van der Waals surface area contributed by atoms with E-state index in [1.165, 1.54) is 10.7 Å². The lowest BCUT2D eigenvalue weighted by Gasteiger charge is -2.09. The number of nitrogens with one attached hydrogen (secondary N) is 1. The summed E-state index contributed by atoms with van der Waals surface area (Å²) in [5.41, 5.74) is 5.43. The van der Waals surface area contributed by atoms with E-state index >= 15 is 0 Å². The van der Waals surface area contributed by atoms with Gasteiger partial charge in [0.15, 0.2) is 0 Å². The summed E-state index contributed by atoms with van der Waals surface area (Å²) >= 11 is 0. The molecule has 0 aliphatic rings. The van der Waals surface area contributed by atoms with Crippen LogP contribution in [0, 0.1) is 13.8 Å². The van der Waals surface area contributed by atoms with E-state index in [-0.39, 0.29) is 18.0 Å². The number of aryl methyl sites for hydroxylation is 2. The Balaban J connectivity index is 1.33. The highest BCUT2D eigenvalue weighted by Crippen LogP contribution is 2.14. The predicted octanol–water partition coefficient (Wildman–Crippen LogP) is 3.07. The van der Waals surface area contributed by atoms with Gasteiger partial charge in [-0.25, -0.2) is 9.36 Å². The van der Waals surface area contributed by atoms with Gasteiger partial charge < -0.3 is 5.32 Å². The van der Waals surface area contributed by atoms with Crippen molar-refractivity contribution in [2.75, 3.05) is 6.54 Å². The minimum Gasteiger partial charge on any atom is -0.354 e. The molecule has 0 unspecified atom stereocenters. The molecule has 0 saturated heterocycles. The van der Waals surface area contributed by atoms with Gasteiger partial charge in [-0.05, 0) is 50.1 Å². The molecule has 0 saturated carbocycles. The number of nitrogens with zero attached hydrogens (tertiary/aromatic N) is 4. The van der Waals surface area contributed by atoms with Gasteiger partial charge in [-0.3, -0.25) is 9.59 Å². The number of rotatable bonds is 7. The van der Waals surface area contributed by atoms with E-state index in [4.69, 9.17) is 0 Å². The first kappa shape index (κ1) is 21.2. The van der Waals surface area contributed by atoms with Crippen LogP contribution in [-0.2, 0) is 17.8 Å². The van der Waals surface area contributed by atoms with Crippen molar-refractivity contribution in [2.24, 2.45) is 0 Å². The molecule has 0 atom stereocenters. The fraction of sp³-hybridized carbons (Fsp3) is 0.200. The van der Waals surface area contributed by atoms with Crippen molar-refractivity contribution in [1.29, 1.82) is 0 Å². The second kappa shape index (κ2) is 9.43. The van der Waals surface area contributed by atoms with Gasteiger partial charge in [0.05, 0.1) is 17.1 Å². The normalized spacial score (nSPS) is 10.8. The van der Waals surface area contributed by atoms with Gasteiger partial charge in [0.1, 0.15) is 6.54 Å². The molecule has 2 aromatic heterocycles. The van der Waals surface area contributed by atoms with Crippen molar-refractivity contribution in [3.05, 3.63) is 100 Å². The van der Waals surface area contributed by atoms with E-state index < -0.39 is 0 Å².